The number of hydrogen-bond acceptors (Lipinski definition) is 2. The summed E-state index contributed by atoms with van der Waals surface area (Å²) in [6, 6.07) is 9.63. The van der Waals surface area contributed by atoms with Crippen molar-refractivity contribution in [2.75, 3.05) is 6.54 Å². The summed E-state index contributed by atoms with van der Waals surface area (Å²) in [6.45, 7) is 3.33. The molecular formula is C16H16ClF2NS. The van der Waals surface area contributed by atoms with Crippen molar-refractivity contribution in [3.63, 3.8) is 0 Å². The number of halogens is 3. The maximum atomic E-state index is 14.1. The molecule has 0 amide bonds. The molecule has 0 aliphatic carbocycles. The highest BCUT2D eigenvalue weighted by Crippen LogP contribution is 2.33. The average Bonchev–Trinajstić information content (AvgIpc) is 2.45. The van der Waals surface area contributed by atoms with Crippen LogP contribution in [0.2, 0.25) is 5.02 Å². The molecule has 0 fully saturated rings. The quantitative estimate of drug-likeness (QED) is 0.725. The summed E-state index contributed by atoms with van der Waals surface area (Å²) in [5.74, 6) is -1.08. The fourth-order valence-corrected chi connectivity index (χ4v) is 2.79. The molecule has 21 heavy (non-hydrogen) atoms. The van der Waals surface area contributed by atoms with Gasteiger partial charge in [0.15, 0.2) is 0 Å². The second-order valence-electron chi connectivity index (χ2n) is 4.62. The lowest BCUT2D eigenvalue weighted by molar-refractivity contribution is 0.534. The lowest BCUT2D eigenvalue weighted by Crippen LogP contribution is -2.14. The lowest BCUT2D eigenvalue weighted by Gasteiger charge is -2.09. The van der Waals surface area contributed by atoms with Crippen LogP contribution in [0.1, 0.15) is 18.9 Å². The van der Waals surface area contributed by atoms with E-state index in [2.05, 4.69) is 5.32 Å². The summed E-state index contributed by atoms with van der Waals surface area (Å²) in [5, 5.41) is 3.72. The van der Waals surface area contributed by atoms with Crippen LogP contribution in [-0.2, 0) is 6.54 Å². The Hall–Kier alpha value is -1.10. The van der Waals surface area contributed by atoms with Gasteiger partial charge in [-0.3, -0.25) is 0 Å². The van der Waals surface area contributed by atoms with Crippen molar-refractivity contribution in [1.82, 2.24) is 5.32 Å². The predicted octanol–water partition coefficient (Wildman–Crippen LogP) is 5.27. The minimum absolute atomic E-state index is 0.0107. The first-order chi connectivity index (χ1) is 10.1. The molecule has 0 aliphatic heterocycles. The summed E-state index contributed by atoms with van der Waals surface area (Å²) in [6.07, 6.45) is 0.982. The van der Waals surface area contributed by atoms with Gasteiger partial charge >= 0.3 is 0 Å². The molecule has 1 nitrogen and oxygen atoms in total. The Kier molecular flexibility index (Phi) is 6.03. The normalized spacial score (nSPS) is 10.9. The number of benzene rings is 2. The molecule has 0 atom stereocenters. The maximum Gasteiger partial charge on any atom is 0.140 e. The highest BCUT2D eigenvalue weighted by atomic mass is 35.5. The first-order valence-corrected chi connectivity index (χ1v) is 7.91. The van der Waals surface area contributed by atoms with Gasteiger partial charge in [0.2, 0.25) is 0 Å². The van der Waals surface area contributed by atoms with Crippen LogP contribution in [0.4, 0.5) is 8.78 Å². The molecule has 2 rings (SSSR count). The fourth-order valence-electron chi connectivity index (χ4n) is 1.84. The van der Waals surface area contributed by atoms with Crippen LogP contribution in [-0.4, -0.2) is 6.54 Å². The van der Waals surface area contributed by atoms with Crippen molar-refractivity contribution in [2.45, 2.75) is 29.7 Å². The van der Waals surface area contributed by atoms with E-state index in [1.807, 2.05) is 6.92 Å². The molecule has 0 unspecified atom stereocenters. The standard InChI is InChI=1S/C16H16ClF2NS/c1-2-7-20-10-11-8-14(18)16(15(19)9-11)21-13-5-3-12(17)4-6-13/h3-6,8-9,20H,2,7,10H2,1H3. The molecule has 1 N–H and O–H groups in total. The van der Waals surface area contributed by atoms with Crippen LogP contribution in [0, 0.1) is 11.6 Å². The Morgan fingerprint density at radius 1 is 1.10 bits per heavy atom. The Balaban J connectivity index is 2.14. The van der Waals surface area contributed by atoms with E-state index in [4.69, 9.17) is 11.6 Å². The van der Waals surface area contributed by atoms with Gasteiger partial charge in [0, 0.05) is 16.5 Å². The molecule has 0 spiro atoms. The summed E-state index contributed by atoms with van der Waals surface area (Å²) in [4.78, 5) is 0.755. The molecule has 112 valence electrons. The highest BCUT2D eigenvalue weighted by molar-refractivity contribution is 7.99. The minimum atomic E-state index is -0.539. The topological polar surface area (TPSA) is 12.0 Å². The van der Waals surface area contributed by atoms with Gasteiger partial charge in [-0.2, -0.15) is 0 Å². The molecule has 0 saturated carbocycles. The third-order valence-corrected chi connectivity index (χ3v) is 4.20. The summed E-state index contributed by atoms with van der Waals surface area (Å²) >= 11 is 6.85. The fraction of sp³-hybridized carbons (Fsp3) is 0.250. The number of nitrogens with one attached hydrogen (secondary N) is 1. The zero-order chi connectivity index (χ0) is 15.2. The molecule has 2 aromatic carbocycles. The second-order valence-corrected chi connectivity index (χ2v) is 6.14. The van der Waals surface area contributed by atoms with Crippen molar-refractivity contribution in [3.05, 3.63) is 58.6 Å². The van der Waals surface area contributed by atoms with Gasteiger partial charge in [-0.1, -0.05) is 30.3 Å². The SMILES string of the molecule is CCCNCc1cc(F)c(Sc2ccc(Cl)cc2)c(F)c1. The lowest BCUT2D eigenvalue weighted by atomic mass is 10.2. The van der Waals surface area contributed by atoms with E-state index < -0.39 is 11.6 Å². The second kappa shape index (κ2) is 7.78. The zero-order valence-electron chi connectivity index (χ0n) is 11.6. The van der Waals surface area contributed by atoms with Crippen LogP contribution in [0.3, 0.4) is 0 Å². The highest BCUT2D eigenvalue weighted by Gasteiger charge is 2.12. The van der Waals surface area contributed by atoms with E-state index in [0.717, 1.165) is 29.6 Å². The van der Waals surface area contributed by atoms with E-state index in [1.54, 1.807) is 24.3 Å². The van der Waals surface area contributed by atoms with Gasteiger partial charge in [-0.15, -0.1) is 0 Å². The monoisotopic (exact) mass is 327 g/mol. The number of hydrogen-bond donors (Lipinski definition) is 1. The largest absolute Gasteiger partial charge is 0.313 e. The van der Waals surface area contributed by atoms with E-state index >= 15 is 0 Å². The third-order valence-electron chi connectivity index (χ3n) is 2.85. The molecule has 2 aromatic rings. The van der Waals surface area contributed by atoms with E-state index in [-0.39, 0.29) is 4.90 Å². The van der Waals surface area contributed by atoms with Crippen molar-refractivity contribution in [3.8, 4) is 0 Å². The van der Waals surface area contributed by atoms with Crippen molar-refractivity contribution >= 4 is 23.4 Å². The van der Waals surface area contributed by atoms with Crippen LogP contribution in [0.15, 0.2) is 46.2 Å². The van der Waals surface area contributed by atoms with Gasteiger partial charge < -0.3 is 5.32 Å². The maximum absolute atomic E-state index is 14.1. The van der Waals surface area contributed by atoms with E-state index in [9.17, 15) is 8.78 Å². The number of rotatable bonds is 6. The molecular weight excluding hydrogens is 312 g/mol. The minimum Gasteiger partial charge on any atom is -0.313 e. The summed E-state index contributed by atoms with van der Waals surface area (Å²) in [7, 11) is 0. The van der Waals surface area contributed by atoms with Crippen molar-refractivity contribution < 1.29 is 8.78 Å². The van der Waals surface area contributed by atoms with E-state index in [0.29, 0.717) is 17.1 Å². The Morgan fingerprint density at radius 3 is 2.29 bits per heavy atom. The molecule has 0 aromatic heterocycles. The first kappa shape index (κ1) is 16.3. The Morgan fingerprint density at radius 2 is 1.71 bits per heavy atom. The van der Waals surface area contributed by atoms with Gasteiger partial charge in [0.1, 0.15) is 11.6 Å². The molecule has 0 radical (unpaired) electrons. The molecule has 0 bridgehead atoms. The van der Waals surface area contributed by atoms with Crippen LogP contribution in [0.25, 0.3) is 0 Å². The molecule has 0 saturated heterocycles. The molecule has 5 heteroatoms. The first-order valence-electron chi connectivity index (χ1n) is 6.72. The molecule has 0 aliphatic rings. The zero-order valence-corrected chi connectivity index (χ0v) is 13.2. The van der Waals surface area contributed by atoms with Crippen LogP contribution < -0.4 is 5.32 Å². The summed E-state index contributed by atoms with van der Waals surface area (Å²) in [5.41, 5.74) is 0.610. The van der Waals surface area contributed by atoms with Gasteiger partial charge in [0.05, 0.1) is 4.90 Å². The van der Waals surface area contributed by atoms with Crippen molar-refractivity contribution in [2.24, 2.45) is 0 Å². The Labute approximate surface area is 132 Å². The van der Waals surface area contributed by atoms with Gasteiger partial charge in [-0.25, -0.2) is 8.78 Å². The Bertz CT molecular complexity index is 579. The van der Waals surface area contributed by atoms with Crippen LogP contribution in [0.5, 0.6) is 0 Å². The third kappa shape index (κ3) is 4.70. The summed E-state index contributed by atoms with van der Waals surface area (Å²) < 4.78 is 28.1. The average molecular weight is 328 g/mol. The van der Waals surface area contributed by atoms with E-state index in [1.165, 1.54) is 12.1 Å². The predicted molar refractivity (Wildman–Crippen MR) is 83.9 cm³/mol. The van der Waals surface area contributed by atoms with Crippen LogP contribution >= 0.6 is 23.4 Å². The van der Waals surface area contributed by atoms with Crippen molar-refractivity contribution in [1.29, 1.82) is 0 Å². The van der Waals surface area contributed by atoms with Gasteiger partial charge in [0.25, 0.3) is 0 Å². The smallest absolute Gasteiger partial charge is 0.140 e. The molecule has 0 heterocycles. The van der Waals surface area contributed by atoms with Gasteiger partial charge in [-0.05, 0) is 54.9 Å².